The molecule has 1 aliphatic carbocycles. The normalized spacial score (nSPS) is 17.3. The number of nitrogens with one attached hydrogen (secondary N) is 1. The summed E-state index contributed by atoms with van der Waals surface area (Å²) < 4.78 is 23.5. The van der Waals surface area contributed by atoms with Gasteiger partial charge in [0.2, 0.25) is 5.91 Å². The van der Waals surface area contributed by atoms with Crippen molar-refractivity contribution in [3.63, 3.8) is 0 Å². The van der Waals surface area contributed by atoms with Crippen LogP contribution in [-0.4, -0.2) is 45.9 Å². The molecule has 1 fully saturated rings. The summed E-state index contributed by atoms with van der Waals surface area (Å²) in [5.41, 5.74) is 1.68. The summed E-state index contributed by atoms with van der Waals surface area (Å²) in [6.45, 7) is 4.26. The van der Waals surface area contributed by atoms with E-state index in [0.717, 1.165) is 31.2 Å². The fourth-order valence-corrected chi connectivity index (χ4v) is 6.31. The lowest BCUT2D eigenvalue weighted by molar-refractivity contribution is -0.121. The van der Waals surface area contributed by atoms with Gasteiger partial charge in [0.1, 0.15) is 6.04 Å². The van der Waals surface area contributed by atoms with Crippen LogP contribution in [0.1, 0.15) is 68.3 Å². The van der Waals surface area contributed by atoms with Crippen molar-refractivity contribution in [3.05, 3.63) is 47.8 Å². The molecule has 2 aliphatic rings. The number of benzene rings is 1. The first-order valence-electron chi connectivity index (χ1n) is 12.4. The van der Waals surface area contributed by atoms with Gasteiger partial charge in [-0.1, -0.05) is 50.3 Å². The molecule has 10 heteroatoms. The van der Waals surface area contributed by atoms with E-state index in [1.807, 2.05) is 24.3 Å². The van der Waals surface area contributed by atoms with Crippen LogP contribution in [0.3, 0.4) is 0 Å². The highest BCUT2D eigenvalue weighted by molar-refractivity contribution is 7.61. The van der Waals surface area contributed by atoms with Crippen LogP contribution in [0.25, 0.3) is 0 Å². The van der Waals surface area contributed by atoms with Gasteiger partial charge < -0.3 is 19.3 Å². The predicted molar refractivity (Wildman–Crippen MR) is 132 cm³/mol. The average Bonchev–Trinajstić information content (AvgIpc) is 3.20. The quantitative estimate of drug-likeness (QED) is 0.484. The SMILES string of the molecule is CCOP(=O)(OCC)c1cnc(NC(=O)C(CC2CCCCC2)N2Cc3ccccc3C2=O)cn1. The number of aromatic nitrogens is 2. The minimum atomic E-state index is -3.57. The van der Waals surface area contributed by atoms with Gasteiger partial charge in [-0.3, -0.25) is 14.2 Å². The number of anilines is 1. The zero-order chi connectivity index (χ0) is 24.8. The summed E-state index contributed by atoms with van der Waals surface area (Å²) >= 11 is 0. The second-order valence-electron chi connectivity index (χ2n) is 8.93. The molecule has 1 aromatic heterocycles. The molecule has 0 bridgehead atoms. The van der Waals surface area contributed by atoms with Gasteiger partial charge in [-0.15, -0.1) is 0 Å². The van der Waals surface area contributed by atoms with Gasteiger partial charge in [0, 0.05) is 12.1 Å². The fourth-order valence-electron chi connectivity index (χ4n) is 4.89. The molecule has 2 heterocycles. The van der Waals surface area contributed by atoms with Crippen molar-refractivity contribution in [1.29, 1.82) is 0 Å². The Morgan fingerprint density at radius 3 is 2.46 bits per heavy atom. The predicted octanol–water partition coefficient (Wildman–Crippen LogP) is 4.30. The Morgan fingerprint density at radius 1 is 1.11 bits per heavy atom. The minimum absolute atomic E-state index is 0.0862. The molecule has 1 unspecified atom stereocenters. The van der Waals surface area contributed by atoms with Gasteiger partial charge in [-0.05, 0) is 37.8 Å². The van der Waals surface area contributed by atoms with Crippen LogP contribution in [0.4, 0.5) is 5.82 Å². The number of amides is 2. The topological polar surface area (TPSA) is 111 Å². The van der Waals surface area contributed by atoms with Crippen molar-refractivity contribution < 1.29 is 23.2 Å². The maximum Gasteiger partial charge on any atom is 0.381 e. The average molecular weight is 501 g/mol. The lowest BCUT2D eigenvalue weighted by Crippen LogP contribution is -2.45. The van der Waals surface area contributed by atoms with E-state index in [1.165, 1.54) is 18.8 Å². The highest BCUT2D eigenvalue weighted by Gasteiger charge is 2.38. The molecular formula is C25H33N4O5P. The van der Waals surface area contributed by atoms with Gasteiger partial charge in [-0.25, -0.2) is 9.97 Å². The molecule has 0 saturated heterocycles. The van der Waals surface area contributed by atoms with Crippen LogP contribution in [0.5, 0.6) is 0 Å². The van der Waals surface area contributed by atoms with Crippen LogP contribution in [0.2, 0.25) is 0 Å². The van der Waals surface area contributed by atoms with E-state index in [0.29, 0.717) is 24.4 Å². The molecule has 0 radical (unpaired) electrons. The number of carbonyl (C=O) groups excluding carboxylic acids is 2. The van der Waals surface area contributed by atoms with E-state index in [9.17, 15) is 14.2 Å². The van der Waals surface area contributed by atoms with E-state index >= 15 is 0 Å². The minimum Gasteiger partial charge on any atom is -0.322 e. The van der Waals surface area contributed by atoms with E-state index < -0.39 is 13.6 Å². The van der Waals surface area contributed by atoms with Crippen LogP contribution in [0, 0.1) is 5.92 Å². The number of nitrogens with zero attached hydrogens (tertiary/aromatic N) is 3. The maximum absolute atomic E-state index is 13.5. The summed E-state index contributed by atoms with van der Waals surface area (Å²) in [6, 6.07) is 6.88. The van der Waals surface area contributed by atoms with Crippen molar-refractivity contribution in [1.82, 2.24) is 14.9 Å². The van der Waals surface area contributed by atoms with Crippen LogP contribution < -0.4 is 10.8 Å². The second-order valence-corrected chi connectivity index (χ2v) is 10.9. The fraction of sp³-hybridized carbons (Fsp3) is 0.520. The van der Waals surface area contributed by atoms with Crippen LogP contribution in [-0.2, 0) is 25.0 Å². The number of fused-ring (bicyclic) bond motifs is 1. The lowest BCUT2D eigenvalue weighted by atomic mass is 9.84. The monoisotopic (exact) mass is 500 g/mol. The first-order chi connectivity index (χ1) is 16.9. The molecule has 188 valence electrons. The molecule has 2 amide bonds. The molecule has 1 aliphatic heterocycles. The summed E-state index contributed by atoms with van der Waals surface area (Å²) in [4.78, 5) is 36.8. The Labute approximate surface area is 206 Å². The van der Waals surface area contributed by atoms with Crippen LogP contribution >= 0.6 is 7.60 Å². The van der Waals surface area contributed by atoms with Crippen molar-refractivity contribution >= 4 is 30.7 Å². The summed E-state index contributed by atoms with van der Waals surface area (Å²) in [5, 5.41) is 2.82. The Kier molecular flexibility index (Phi) is 8.31. The molecule has 4 rings (SSSR count). The zero-order valence-electron chi connectivity index (χ0n) is 20.3. The van der Waals surface area contributed by atoms with Gasteiger partial charge in [0.25, 0.3) is 5.91 Å². The molecule has 0 spiro atoms. The Morgan fingerprint density at radius 2 is 1.83 bits per heavy atom. The Bertz CT molecular complexity index is 1080. The van der Waals surface area contributed by atoms with Crippen molar-refractivity contribution in [3.8, 4) is 0 Å². The molecule has 1 saturated carbocycles. The summed E-state index contributed by atoms with van der Waals surface area (Å²) in [7, 11) is -3.57. The van der Waals surface area contributed by atoms with Crippen molar-refractivity contribution in [2.75, 3.05) is 18.5 Å². The smallest absolute Gasteiger partial charge is 0.322 e. The highest BCUT2D eigenvalue weighted by atomic mass is 31.2. The third kappa shape index (κ3) is 5.80. The molecule has 2 aromatic rings. The number of hydrogen-bond donors (Lipinski definition) is 1. The van der Waals surface area contributed by atoms with Crippen molar-refractivity contribution in [2.24, 2.45) is 5.92 Å². The molecule has 35 heavy (non-hydrogen) atoms. The highest BCUT2D eigenvalue weighted by Crippen LogP contribution is 2.45. The third-order valence-corrected chi connectivity index (χ3v) is 8.57. The molecule has 1 aromatic carbocycles. The van der Waals surface area contributed by atoms with Gasteiger partial charge in [0.15, 0.2) is 11.3 Å². The first kappa shape index (κ1) is 25.5. The van der Waals surface area contributed by atoms with Gasteiger partial charge in [0.05, 0.1) is 25.6 Å². The molecule has 1 atom stereocenters. The first-order valence-corrected chi connectivity index (χ1v) is 13.9. The molecule has 9 nitrogen and oxygen atoms in total. The Hall–Kier alpha value is -2.61. The molecular weight excluding hydrogens is 467 g/mol. The number of rotatable bonds is 10. The van der Waals surface area contributed by atoms with Crippen molar-refractivity contribution in [2.45, 2.75) is 65.0 Å². The zero-order valence-corrected chi connectivity index (χ0v) is 21.2. The van der Waals surface area contributed by atoms with Gasteiger partial charge >= 0.3 is 7.60 Å². The Balaban J connectivity index is 1.52. The van der Waals surface area contributed by atoms with E-state index in [-0.39, 0.29) is 36.3 Å². The molecule has 1 N–H and O–H groups in total. The van der Waals surface area contributed by atoms with E-state index in [4.69, 9.17) is 9.05 Å². The second kappa shape index (κ2) is 11.4. The van der Waals surface area contributed by atoms with Crippen LogP contribution in [0.15, 0.2) is 36.7 Å². The standard InChI is InChI=1S/C25H33N4O5P/c1-3-33-35(32,34-4-2)23-16-26-22(15-27-23)28-24(30)21(14-18-10-6-5-7-11-18)29-17-19-12-8-9-13-20(19)25(29)31/h8-9,12-13,15-16,18,21H,3-7,10-11,14,17H2,1-2H3,(H,26,28,30). The van der Waals surface area contributed by atoms with Gasteiger partial charge in [-0.2, -0.15) is 0 Å². The van der Waals surface area contributed by atoms with E-state index in [1.54, 1.807) is 18.7 Å². The summed E-state index contributed by atoms with van der Waals surface area (Å²) in [5.74, 6) is 0.202. The largest absolute Gasteiger partial charge is 0.381 e. The van der Waals surface area contributed by atoms with E-state index in [2.05, 4.69) is 15.3 Å². The third-order valence-electron chi connectivity index (χ3n) is 6.58. The number of carbonyl (C=O) groups is 2. The summed E-state index contributed by atoms with van der Waals surface area (Å²) in [6.07, 6.45) is 8.91. The number of hydrogen-bond acceptors (Lipinski definition) is 7. The lowest BCUT2D eigenvalue weighted by Gasteiger charge is -2.31. The maximum atomic E-state index is 13.5.